The van der Waals surface area contributed by atoms with Gasteiger partial charge in [-0.15, -0.1) is 0 Å². The Hall–Kier alpha value is -1.05. The summed E-state index contributed by atoms with van der Waals surface area (Å²) in [5.74, 6) is 0. The molecule has 0 spiro atoms. The molecule has 0 bridgehead atoms. The lowest BCUT2D eigenvalue weighted by Gasteiger charge is -1.93. The Kier molecular flexibility index (Phi) is 2.26. The summed E-state index contributed by atoms with van der Waals surface area (Å²) in [6, 6.07) is 4.00. The summed E-state index contributed by atoms with van der Waals surface area (Å²) in [4.78, 5) is 7.34. The van der Waals surface area contributed by atoms with Crippen LogP contribution in [0.15, 0.2) is 23.3 Å². The molecular formula is C8H12N2. The van der Waals surface area contributed by atoms with Crippen molar-refractivity contribution in [2.45, 2.75) is 13.8 Å². The SMILES string of the molecule is CCN=C(C)c1ccc[nH]1. The van der Waals surface area contributed by atoms with Crippen molar-refractivity contribution in [3.05, 3.63) is 24.0 Å². The van der Waals surface area contributed by atoms with Crippen LogP contribution >= 0.6 is 0 Å². The fraction of sp³-hybridized carbons (Fsp3) is 0.375. The molecule has 1 N–H and O–H groups in total. The van der Waals surface area contributed by atoms with Crippen molar-refractivity contribution in [1.29, 1.82) is 0 Å². The number of aromatic amines is 1. The van der Waals surface area contributed by atoms with E-state index in [0.29, 0.717) is 0 Å². The Bertz CT molecular complexity index is 209. The molecule has 2 nitrogen and oxygen atoms in total. The Morgan fingerprint density at radius 1 is 1.70 bits per heavy atom. The molecule has 1 rings (SSSR count). The average molecular weight is 136 g/mol. The van der Waals surface area contributed by atoms with Crippen LogP contribution in [-0.4, -0.2) is 17.2 Å². The number of hydrogen-bond acceptors (Lipinski definition) is 1. The number of hydrogen-bond donors (Lipinski definition) is 1. The van der Waals surface area contributed by atoms with Gasteiger partial charge < -0.3 is 4.98 Å². The van der Waals surface area contributed by atoms with Gasteiger partial charge in [0.05, 0.1) is 11.4 Å². The zero-order chi connectivity index (χ0) is 7.40. The summed E-state index contributed by atoms with van der Waals surface area (Å²) in [7, 11) is 0. The van der Waals surface area contributed by atoms with Crippen LogP contribution in [0.5, 0.6) is 0 Å². The Labute approximate surface area is 61.0 Å². The molecule has 2 heteroatoms. The van der Waals surface area contributed by atoms with E-state index in [1.807, 2.05) is 32.2 Å². The maximum Gasteiger partial charge on any atom is 0.0591 e. The summed E-state index contributed by atoms with van der Waals surface area (Å²) in [6.45, 7) is 4.90. The molecule has 0 saturated heterocycles. The topological polar surface area (TPSA) is 28.1 Å². The molecule has 0 fully saturated rings. The van der Waals surface area contributed by atoms with Crippen molar-refractivity contribution in [2.24, 2.45) is 4.99 Å². The number of aromatic nitrogens is 1. The van der Waals surface area contributed by atoms with Crippen LogP contribution in [0.25, 0.3) is 0 Å². The highest BCUT2D eigenvalue weighted by molar-refractivity contribution is 5.96. The van der Waals surface area contributed by atoms with Gasteiger partial charge in [-0.05, 0) is 26.0 Å². The van der Waals surface area contributed by atoms with Crippen LogP contribution in [0, 0.1) is 0 Å². The molecule has 54 valence electrons. The third kappa shape index (κ3) is 1.47. The quantitative estimate of drug-likeness (QED) is 0.601. The van der Waals surface area contributed by atoms with Gasteiger partial charge in [-0.3, -0.25) is 4.99 Å². The van der Waals surface area contributed by atoms with Gasteiger partial charge in [0.15, 0.2) is 0 Å². The van der Waals surface area contributed by atoms with Crippen molar-refractivity contribution >= 4 is 5.71 Å². The van der Waals surface area contributed by atoms with E-state index < -0.39 is 0 Å². The van der Waals surface area contributed by atoms with Crippen molar-refractivity contribution in [1.82, 2.24) is 4.98 Å². The van der Waals surface area contributed by atoms with Gasteiger partial charge in [-0.2, -0.15) is 0 Å². The fourth-order valence-electron chi connectivity index (χ4n) is 0.878. The first-order valence-electron chi connectivity index (χ1n) is 3.49. The minimum atomic E-state index is 0.852. The van der Waals surface area contributed by atoms with Gasteiger partial charge >= 0.3 is 0 Å². The van der Waals surface area contributed by atoms with Gasteiger partial charge in [0.2, 0.25) is 0 Å². The minimum absolute atomic E-state index is 0.852. The van der Waals surface area contributed by atoms with Gasteiger partial charge in [0.1, 0.15) is 0 Å². The van der Waals surface area contributed by atoms with E-state index in [-0.39, 0.29) is 0 Å². The molecule has 0 unspecified atom stereocenters. The van der Waals surface area contributed by atoms with Crippen molar-refractivity contribution in [2.75, 3.05) is 6.54 Å². The summed E-state index contributed by atoms with van der Waals surface area (Å²) >= 11 is 0. The standard InChI is InChI=1S/C8H12N2/c1-3-9-7(2)8-5-4-6-10-8/h4-6,10H,3H2,1-2H3. The zero-order valence-corrected chi connectivity index (χ0v) is 6.39. The van der Waals surface area contributed by atoms with Crippen LogP contribution in [0.3, 0.4) is 0 Å². The maximum atomic E-state index is 4.25. The monoisotopic (exact) mass is 136 g/mol. The summed E-state index contributed by atoms with van der Waals surface area (Å²) in [5, 5.41) is 0. The summed E-state index contributed by atoms with van der Waals surface area (Å²) < 4.78 is 0. The van der Waals surface area contributed by atoms with E-state index in [9.17, 15) is 0 Å². The zero-order valence-electron chi connectivity index (χ0n) is 6.39. The molecule has 10 heavy (non-hydrogen) atoms. The van der Waals surface area contributed by atoms with Crippen LogP contribution in [0.1, 0.15) is 19.5 Å². The van der Waals surface area contributed by atoms with Gasteiger partial charge in [0, 0.05) is 12.7 Å². The normalized spacial score (nSPS) is 12.0. The molecule has 0 radical (unpaired) electrons. The van der Waals surface area contributed by atoms with Crippen molar-refractivity contribution in [3.8, 4) is 0 Å². The molecule has 0 aliphatic heterocycles. The molecule has 0 aromatic carbocycles. The predicted molar refractivity (Wildman–Crippen MR) is 43.5 cm³/mol. The van der Waals surface area contributed by atoms with E-state index in [1.54, 1.807) is 0 Å². The van der Waals surface area contributed by atoms with E-state index in [4.69, 9.17) is 0 Å². The lowest BCUT2D eigenvalue weighted by atomic mass is 10.3. The van der Waals surface area contributed by atoms with E-state index >= 15 is 0 Å². The van der Waals surface area contributed by atoms with Crippen LogP contribution in [-0.2, 0) is 0 Å². The fourth-order valence-corrected chi connectivity index (χ4v) is 0.878. The van der Waals surface area contributed by atoms with Crippen molar-refractivity contribution < 1.29 is 0 Å². The summed E-state index contributed by atoms with van der Waals surface area (Å²) in [6.07, 6.45) is 1.91. The van der Waals surface area contributed by atoms with Crippen LogP contribution < -0.4 is 0 Å². The van der Waals surface area contributed by atoms with Gasteiger partial charge in [0.25, 0.3) is 0 Å². The molecule has 0 atom stereocenters. The number of H-pyrrole nitrogens is 1. The third-order valence-corrected chi connectivity index (χ3v) is 1.38. The Morgan fingerprint density at radius 3 is 3.00 bits per heavy atom. The lowest BCUT2D eigenvalue weighted by Crippen LogP contribution is -1.94. The lowest BCUT2D eigenvalue weighted by molar-refractivity contribution is 1.12. The average Bonchev–Trinajstić information content (AvgIpc) is 2.38. The highest BCUT2D eigenvalue weighted by Crippen LogP contribution is 1.96. The maximum absolute atomic E-state index is 4.25. The molecule has 1 aromatic rings. The van der Waals surface area contributed by atoms with Crippen LogP contribution in [0.2, 0.25) is 0 Å². The second kappa shape index (κ2) is 3.20. The van der Waals surface area contributed by atoms with Crippen molar-refractivity contribution in [3.63, 3.8) is 0 Å². The highest BCUT2D eigenvalue weighted by Gasteiger charge is 1.93. The number of nitrogens with zero attached hydrogens (tertiary/aromatic N) is 1. The number of aliphatic imine (C=N–C) groups is 1. The van der Waals surface area contributed by atoms with Crippen LogP contribution in [0.4, 0.5) is 0 Å². The third-order valence-electron chi connectivity index (χ3n) is 1.38. The first-order valence-corrected chi connectivity index (χ1v) is 3.49. The van der Waals surface area contributed by atoms with E-state index in [1.165, 1.54) is 0 Å². The van der Waals surface area contributed by atoms with E-state index in [2.05, 4.69) is 9.98 Å². The largest absolute Gasteiger partial charge is 0.360 e. The molecule has 0 aliphatic rings. The Morgan fingerprint density at radius 2 is 2.50 bits per heavy atom. The number of nitrogens with one attached hydrogen (secondary N) is 1. The minimum Gasteiger partial charge on any atom is -0.360 e. The Balaban J connectivity index is 2.77. The van der Waals surface area contributed by atoms with Gasteiger partial charge in [-0.1, -0.05) is 0 Å². The first-order chi connectivity index (χ1) is 4.84. The molecular weight excluding hydrogens is 124 g/mol. The predicted octanol–water partition coefficient (Wildman–Crippen LogP) is 1.84. The van der Waals surface area contributed by atoms with Gasteiger partial charge in [-0.25, -0.2) is 0 Å². The smallest absolute Gasteiger partial charge is 0.0591 e. The summed E-state index contributed by atoms with van der Waals surface area (Å²) in [5.41, 5.74) is 2.19. The second-order valence-corrected chi connectivity index (χ2v) is 2.14. The first kappa shape index (κ1) is 7.06. The second-order valence-electron chi connectivity index (χ2n) is 2.14. The molecule has 0 aliphatic carbocycles. The highest BCUT2D eigenvalue weighted by atomic mass is 14.8. The molecule has 0 saturated carbocycles. The molecule has 1 heterocycles. The molecule has 1 aromatic heterocycles. The number of rotatable bonds is 2. The van der Waals surface area contributed by atoms with E-state index in [0.717, 1.165) is 18.0 Å². The molecule has 0 amide bonds.